The van der Waals surface area contributed by atoms with E-state index in [4.69, 9.17) is 0 Å². The van der Waals surface area contributed by atoms with Crippen molar-refractivity contribution in [3.05, 3.63) is 78.4 Å². The number of hydrogen-bond acceptors (Lipinski definition) is 3. The molecular formula is C21H19N3O2. The third-order valence-corrected chi connectivity index (χ3v) is 3.85. The van der Waals surface area contributed by atoms with E-state index in [0.717, 1.165) is 22.0 Å². The first-order valence-corrected chi connectivity index (χ1v) is 8.37. The maximum Gasteiger partial charge on any atom is 0.240 e. The summed E-state index contributed by atoms with van der Waals surface area (Å²) in [6.07, 6.45) is 1.73. The maximum absolute atomic E-state index is 12.1. The van der Waals surface area contributed by atoms with Gasteiger partial charge in [-0.15, -0.1) is 0 Å². The first-order valence-electron chi connectivity index (χ1n) is 8.37. The fraction of sp³-hybridized carbons (Fsp3) is 0.0952. The van der Waals surface area contributed by atoms with Crippen LogP contribution >= 0.6 is 0 Å². The van der Waals surface area contributed by atoms with Crippen LogP contribution in [0.3, 0.4) is 0 Å². The molecule has 0 aliphatic rings. The van der Waals surface area contributed by atoms with Crippen LogP contribution in [0.1, 0.15) is 18.4 Å². The summed E-state index contributed by atoms with van der Waals surface area (Å²) in [7, 11) is 0. The Morgan fingerprint density at radius 2 is 1.50 bits per heavy atom. The van der Waals surface area contributed by atoms with Crippen molar-refractivity contribution >= 4 is 34.5 Å². The molecule has 3 aromatic carbocycles. The monoisotopic (exact) mass is 345 g/mol. The van der Waals surface area contributed by atoms with E-state index in [2.05, 4.69) is 15.8 Å². The molecule has 5 heteroatoms. The van der Waals surface area contributed by atoms with Crippen LogP contribution in [-0.2, 0) is 9.59 Å². The Morgan fingerprint density at radius 3 is 2.35 bits per heavy atom. The molecule has 26 heavy (non-hydrogen) atoms. The lowest BCUT2D eigenvalue weighted by atomic mass is 10.1. The minimum absolute atomic E-state index is 0.0722. The first-order chi connectivity index (χ1) is 12.7. The fourth-order valence-corrected chi connectivity index (χ4v) is 2.55. The first kappa shape index (κ1) is 17.4. The second kappa shape index (κ2) is 8.58. The van der Waals surface area contributed by atoms with Crippen molar-refractivity contribution in [2.45, 2.75) is 12.8 Å². The molecule has 3 rings (SSSR count). The average molecular weight is 345 g/mol. The van der Waals surface area contributed by atoms with Crippen LogP contribution in [0, 0.1) is 0 Å². The Hall–Kier alpha value is -3.47. The van der Waals surface area contributed by atoms with Crippen molar-refractivity contribution in [2.24, 2.45) is 5.10 Å². The lowest BCUT2D eigenvalue weighted by Gasteiger charge is -2.08. The standard InChI is InChI=1S/C21H19N3O2/c25-20(23-19-12-6-10-17-9-4-5-11-18(17)19)13-14-21(26)24-22-15-16-7-2-1-3-8-16/h1-12,15H,13-14H2,(H,23,25)(H,24,26)/b22-15+. The summed E-state index contributed by atoms with van der Waals surface area (Å²) in [5, 5.41) is 8.78. The number of nitrogens with one attached hydrogen (secondary N) is 2. The zero-order valence-corrected chi connectivity index (χ0v) is 14.2. The van der Waals surface area contributed by atoms with E-state index in [0.29, 0.717) is 0 Å². The smallest absolute Gasteiger partial charge is 0.240 e. The quantitative estimate of drug-likeness (QED) is 0.528. The van der Waals surface area contributed by atoms with Gasteiger partial charge in [0.2, 0.25) is 11.8 Å². The Labute approximate surface area is 151 Å². The van der Waals surface area contributed by atoms with Crippen LogP contribution in [0.25, 0.3) is 10.8 Å². The number of fused-ring (bicyclic) bond motifs is 1. The van der Waals surface area contributed by atoms with E-state index in [1.165, 1.54) is 0 Å². The highest BCUT2D eigenvalue weighted by atomic mass is 16.2. The van der Waals surface area contributed by atoms with E-state index >= 15 is 0 Å². The predicted molar refractivity (Wildman–Crippen MR) is 104 cm³/mol. The normalized spacial score (nSPS) is 10.8. The Kier molecular flexibility index (Phi) is 5.72. The molecule has 0 aliphatic carbocycles. The molecule has 0 unspecified atom stereocenters. The summed E-state index contributed by atoms with van der Waals surface area (Å²) in [4.78, 5) is 23.9. The van der Waals surface area contributed by atoms with Gasteiger partial charge in [-0.25, -0.2) is 5.43 Å². The largest absolute Gasteiger partial charge is 0.326 e. The van der Waals surface area contributed by atoms with Crippen molar-refractivity contribution < 1.29 is 9.59 Å². The minimum atomic E-state index is -0.301. The van der Waals surface area contributed by atoms with Crippen LogP contribution in [0.15, 0.2) is 77.9 Å². The van der Waals surface area contributed by atoms with E-state index in [-0.39, 0.29) is 24.7 Å². The van der Waals surface area contributed by atoms with Crippen LogP contribution in [0.4, 0.5) is 5.69 Å². The molecule has 3 aromatic rings. The van der Waals surface area contributed by atoms with Gasteiger partial charge in [-0.3, -0.25) is 9.59 Å². The molecule has 0 saturated heterocycles. The van der Waals surface area contributed by atoms with E-state index in [1.807, 2.05) is 72.8 Å². The van der Waals surface area contributed by atoms with Crippen molar-refractivity contribution in [3.8, 4) is 0 Å². The summed E-state index contributed by atoms with van der Waals surface area (Å²) in [6, 6.07) is 23.0. The SMILES string of the molecule is O=C(CCC(=O)Nc1cccc2ccccc12)N/N=C/c1ccccc1. The van der Waals surface area contributed by atoms with Gasteiger partial charge in [0.25, 0.3) is 0 Å². The molecule has 0 heterocycles. The Balaban J connectivity index is 1.49. The average Bonchev–Trinajstić information content (AvgIpc) is 2.67. The molecule has 5 nitrogen and oxygen atoms in total. The highest BCUT2D eigenvalue weighted by Gasteiger charge is 2.08. The number of rotatable bonds is 6. The molecule has 2 amide bonds. The second-order valence-corrected chi connectivity index (χ2v) is 5.78. The molecule has 0 spiro atoms. The summed E-state index contributed by atoms with van der Waals surface area (Å²) < 4.78 is 0. The van der Waals surface area contributed by atoms with Gasteiger partial charge in [-0.05, 0) is 17.0 Å². The van der Waals surface area contributed by atoms with Crippen LogP contribution < -0.4 is 10.7 Å². The highest BCUT2D eigenvalue weighted by molar-refractivity contribution is 6.02. The molecule has 0 aliphatic heterocycles. The van der Waals surface area contributed by atoms with Crippen LogP contribution in [0.2, 0.25) is 0 Å². The molecule has 130 valence electrons. The summed E-state index contributed by atoms with van der Waals surface area (Å²) >= 11 is 0. The summed E-state index contributed by atoms with van der Waals surface area (Å²) in [5.41, 5.74) is 4.07. The van der Waals surface area contributed by atoms with Gasteiger partial charge < -0.3 is 5.32 Å². The zero-order valence-electron chi connectivity index (χ0n) is 14.2. The number of hydrogen-bond donors (Lipinski definition) is 2. The fourth-order valence-electron chi connectivity index (χ4n) is 2.55. The third-order valence-electron chi connectivity index (χ3n) is 3.85. The van der Waals surface area contributed by atoms with E-state index in [1.54, 1.807) is 6.21 Å². The number of carbonyl (C=O) groups excluding carboxylic acids is 2. The molecule has 0 radical (unpaired) electrons. The Morgan fingerprint density at radius 1 is 0.808 bits per heavy atom. The minimum Gasteiger partial charge on any atom is -0.326 e. The van der Waals surface area contributed by atoms with E-state index < -0.39 is 0 Å². The molecule has 0 atom stereocenters. The van der Waals surface area contributed by atoms with Crippen molar-refractivity contribution in [1.29, 1.82) is 0 Å². The molecule has 2 N–H and O–H groups in total. The van der Waals surface area contributed by atoms with Gasteiger partial charge >= 0.3 is 0 Å². The number of amides is 2. The molecule has 0 aromatic heterocycles. The highest BCUT2D eigenvalue weighted by Crippen LogP contribution is 2.23. The maximum atomic E-state index is 12.1. The Bertz CT molecular complexity index is 931. The second-order valence-electron chi connectivity index (χ2n) is 5.78. The number of anilines is 1. The van der Waals surface area contributed by atoms with Crippen LogP contribution in [-0.4, -0.2) is 18.0 Å². The predicted octanol–water partition coefficient (Wildman–Crippen LogP) is 3.71. The number of benzene rings is 3. The summed E-state index contributed by atoms with van der Waals surface area (Å²) in [5.74, 6) is -0.506. The van der Waals surface area contributed by atoms with Gasteiger partial charge in [-0.2, -0.15) is 5.10 Å². The van der Waals surface area contributed by atoms with Gasteiger partial charge in [0.1, 0.15) is 0 Å². The zero-order chi connectivity index (χ0) is 18.2. The van der Waals surface area contributed by atoms with Crippen LogP contribution in [0.5, 0.6) is 0 Å². The van der Waals surface area contributed by atoms with E-state index in [9.17, 15) is 9.59 Å². The molecule has 0 saturated carbocycles. The number of nitrogens with zero attached hydrogens (tertiary/aromatic N) is 1. The van der Waals surface area contributed by atoms with Crippen molar-refractivity contribution in [2.75, 3.05) is 5.32 Å². The van der Waals surface area contributed by atoms with Crippen molar-refractivity contribution in [3.63, 3.8) is 0 Å². The molecule has 0 fully saturated rings. The molecular weight excluding hydrogens is 326 g/mol. The van der Waals surface area contributed by atoms with Gasteiger partial charge in [0.15, 0.2) is 0 Å². The van der Waals surface area contributed by atoms with Crippen molar-refractivity contribution in [1.82, 2.24) is 5.43 Å². The van der Waals surface area contributed by atoms with Gasteiger partial charge in [0, 0.05) is 23.9 Å². The number of hydrazone groups is 1. The third kappa shape index (κ3) is 4.77. The molecule has 0 bridgehead atoms. The lowest BCUT2D eigenvalue weighted by Crippen LogP contribution is -2.20. The van der Waals surface area contributed by atoms with Gasteiger partial charge in [-0.1, -0.05) is 66.7 Å². The summed E-state index contributed by atoms with van der Waals surface area (Å²) in [6.45, 7) is 0. The van der Waals surface area contributed by atoms with Gasteiger partial charge in [0.05, 0.1) is 6.21 Å². The lowest BCUT2D eigenvalue weighted by molar-refractivity contribution is -0.124. The topological polar surface area (TPSA) is 70.6 Å². The number of carbonyl (C=O) groups is 2.